The van der Waals surface area contributed by atoms with Crippen LogP contribution >= 0.6 is 24.0 Å². The number of halogens is 2. The molecule has 2 amide bonds. The number of nitrogens with zero attached hydrogens (tertiary/aromatic N) is 1. The average molecular weight is 416 g/mol. The first-order valence-corrected chi connectivity index (χ1v) is 9.64. The molecule has 3 rings (SSSR count). The molecular formula is C19H27Cl2N3O3. The summed E-state index contributed by atoms with van der Waals surface area (Å²) < 4.78 is 5.43. The van der Waals surface area contributed by atoms with E-state index in [1.54, 1.807) is 23.1 Å². The summed E-state index contributed by atoms with van der Waals surface area (Å²) in [5.41, 5.74) is 1.03. The first-order valence-electron chi connectivity index (χ1n) is 9.26. The second-order valence-electron chi connectivity index (χ2n) is 6.96. The van der Waals surface area contributed by atoms with Gasteiger partial charge in [0.15, 0.2) is 0 Å². The van der Waals surface area contributed by atoms with Gasteiger partial charge in [-0.25, -0.2) is 0 Å². The van der Waals surface area contributed by atoms with Gasteiger partial charge in [0, 0.05) is 31.9 Å². The zero-order chi connectivity index (χ0) is 18.5. The molecule has 2 N–H and O–H groups in total. The van der Waals surface area contributed by atoms with Gasteiger partial charge in [0.25, 0.3) is 11.8 Å². The molecule has 1 saturated carbocycles. The van der Waals surface area contributed by atoms with Gasteiger partial charge in [-0.1, -0.05) is 30.9 Å². The molecule has 2 aliphatic rings. The van der Waals surface area contributed by atoms with Crippen molar-refractivity contribution in [1.29, 1.82) is 0 Å². The van der Waals surface area contributed by atoms with Crippen molar-refractivity contribution in [2.75, 3.05) is 32.1 Å². The smallest absolute Gasteiger partial charge is 0.255 e. The van der Waals surface area contributed by atoms with Gasteiger partial charge < -0.3 is 20.3 Å². The largest absolute Gasteiger partial charge is 0.366 e. The van der Waals surface area contributed by atoms with E-state index in [0.29, 0.717) is 29.4 Å². The fourth-order valence-electron chi connectivity index (χ4n) is 3.55. The number of carbonyl (C=O) groups is 2. The Balaban J connectivity index is 0.00000261. The summed E-state index contributed by atoms with van der Waals surface area (Å²) in [5, 5.41) is 6.26. The van der Waals surface area contributed by atoms with Crippen LogP contribution in [0, 0.1) is 0 Å². The molecule has 2 fully saturated rings. The highest BCUT2D eigenvalue weighted by atomic mass is 35.5. The quantitative estimate of drug-likeness (QED) is 0.792. The number of nitrogens with one attached hydrogen (secondary N) is 2. The number of ether oxygens (including phenoxy) is 1. The fraction of sp³-hybridized carbons (Fsp3) is 0.579. The second-order valence-corrected chi connectivity index (χ2v) is 7.36. The van der Waals surface area contributed by atoms with Crippen molar-refractivity contribution in [2.45, 2.75) is 44.2 Å². The molecule has 1 atom stereocenters. The lowest BCUT2D eigenvalue weighted by atomic mass is 9.94. The number of carbonyl (C=O) groups excluding carboxylic acids is 2. The van der Waals surface area contributed by atoms with Crippen molar-refractivity contribution in [2.24, 2.45) is 0 Å². The van der Waals surface area contributed by atoms with Gasteiger partial charge in [0.1, 0.15) is 6.10 Å². The number of anilines is 1. The minimum atomic E-state index is -0.513. The summed E-state index contributed by atoms with van der Waals surface area (Å²) in [4.78, 5) is 26.8. The van der Waals surface area contributed by atoms with E-state index in [1.165, 1.54) is 19.3 Å². The Morgan fingerprint density at radius 1 is 1.26 bits per heavy atom. The van der Waals surface area contributed by atoms with E-state index in [-0.39, 0.29) is 30.3 Å². The third-order valence-corrected chi connectivity index (χ3v) is 5.44. The number of morpholine rings is 1. The van der Waals surface area contributed by atoms with Gasteiger partial charge in [0.2, 0.25) is 0 Å². The normalized spacial score (nSPS) is 20.4. The van der Waals surface area contributed by atoms with Gasteiger partial charge >= 0.3 is 0 Å². The topological polar surface area (TPSA) is 70.7 Å². The molecule has 6 nitrogen and oxygen atoms in total. The van der Waals surface area contributed by atoms with Crippen molar-refractivity contribution >= 4 is 41.5 Å². The summed E-state index contributed by atoms with van der Waals surface area (Å²) in [5.74, 6) is -0.286. The van der Waals surface area contributed by atoms with E-state index in [9.17, 15) is 9.59 Å². The van der Waals surface area contributed by atoms with Crippen molar-refractivity contribution in [3.05, 3.63) is 28.8 Å². The van der Waals surface area contributed by atoms with E-state index in [2.05, 4.69) is 10.6 Å². The summed E-state index contributed by atoms with van der Waals surface area (Å²) in [6.45, 7) is 1.75. The van der Waals surface area contributed by atoms with Gasteiger partial charge in [-0.15, -0.1) is 12.4 Å². The predicted octanol–water partition coefficient (Wildman–Crippen LogP) is 3.09. The molecule has 1 aliphatic heterocycles. The van der Waals surface area contributed by atoms with Crippen LogP contribution in [0.25, 0.3) is 0 Å². The van der Waals surface area contributed by atoms with Crippen LogP contribution in [0.15, 0.2) is 18.2 Å². The lowest BCUT2D eigenvalue weighted by Gasteiger charge is -2.31. The van der Waals surface area contributed by atoms with Gasteiger partial charge in [0.05, 0.1) is 17.2 Å². The lowest BCUT2D eigenvalue weighted by Crippen LogP contribution is -2.45. The van der Waals surface area contributed by atoms with Crippen molar-refractivity contribution in [3.8, 4) is 0 Å². The zero-order valence-electron chi connectivity index (χ0n) is 15.5. The van der Waals surface area contributed by atoms with Crippen LogP contribution in [-0.2, 0) is 9.53 Å². The van der Waals surface area contributed by atoms with Crippen LogP contribution in [0.5, 0.6) is 0 Å². The third kappa shape index (κ3) is 5.57. The highest BCUT2D eigenvalue weighted by Gasteiger charge is 2.25. The van der Waals surface area contributed by atoms with E-state index < -0.39 is 6.10 Å². The van der Waals surface area contributed by atoms with Gasteiger partial charge in [-0.05, 0) is 31.0 Å². The van der Waals surface area contributed by atoms with E-state index in [4.69, 9.17) is 16.3 Å². The predicted molar refractivity (Wildman–Crippen MR) is 109 cm³/mol. The molecule has 1 aromatic carbocycles. The number of hydrogen-bond acceptors (Lipinski definition) is 4. The second kappa shape index (κ2) is 10.3. The SMILES string of the molecule is CN(C(=O)c1ccc(NC(=O)[C@H]2CNCCO2)cc1Cl)C1CCCCC1.Cl. The van der Waals surface area contributed by atoms with E-state index in [1.807, 2.05) is 7.05 Å². The Labute approximate surface area is 171 Å². The van der Waals surface area contributed by atoms with Crippen LogP contribution in [0.2, 0.25) is 5.02 Å². The number of amides is 2. The molecule has 27 heavy (non-hydrogen) atoms. The Morgan fingerprint density at radius 2 is 2.00 bits per heavy atom. The van der Waals surface area contributed by atoms with E-state index >= 15 is 0 Å². The zero-order valence-corrected chi connectivity index (χ0v) is 17.1. The summed E-state index contributed by atoms with van der Waals surface area (Å²) in [7, 11) is 1.84. The minimum Gasteiger partial charge on any atom is -0.366 e. The Kier molecular flexibility index (Phi) is 8.35. The average Bonchev–Trinajstić information content (AvgIpc) is 2.68. The summed E-state index contributed by atoms with van der Waals surface area (Å²) >= 11 is 6.33. The van der Waals surface area contributed by atoms with Crippen LogP contribution in [0.4, 0.5) is 5.69 Å². The number of rotatable bonds is 4. The number of benzene rings is 1. The molecule has 0 bridgehead atoms. The fourth-order valence-corrected chi connectivity index (χ4v) is 3.81. The van der Waals surface area contributed by atoms with Crippen LogP contribution < -0.4 is 10.6 Å². The highest BCUT2D eigenvalue weighted by molar-refractivity contribution is 6.34. The molecular weight excluding hydrogens is 389 g/mol. The Morgan fingerprint density at radius 3 is 2.63 bits per heavy atom. The lowest BCUT2D eigenvalue weighted by molar-refractivity contribution is -0.128. The molecule has 1 aliphatic carbocycles. The Bertz CT molecular complexity index is 660. The van der Waals surface area contributed by atoms with Crippen molar-refractivity contribution < 1.29 is 14.3 Å². The molecule has 0 radical (unpaired) electrons. The molecule has 150 valence electrons. The maximum Gasteiger partial charge on any atom is 0.255 e. The molecule has 1 heterocycles. The maximum absolute atomic E-state index is 12.8. The molecule has 1 aromatic rings. The molecule has 0 aromatic heterocycles. The highest BCUT2D eigenvalue weighted by Crippen LogP contribution is 2.26. The summed E-state index contributed by atoms with van der Waals surface area (Å²) in [6, 6.07) is 5.29. The third-order valence-electron chi connectivity index (χ3n) is 5.13. The van der Waals surface area contributed by atoms with E-state index in [0.717, 1.165) is 19.4 Å². The van der Waals surface area contributed by atoms with Crippen LogP contribution in [-0.4, -0.2) is 55.6 Å². The van der Waals surface area contributed by atoms with Crippen LogP contribution in [0.1, 0.15) is 42.5 Å². The Hall–Kier alpha value is -1.34. The van der Waals surface area contributed by atoms with Gasteiger partial charge in [-0.2, -0.15) is 0 Å². The molecule has 0 unspecified atom stereocenters. The first-order chi connectivity index (χ1) is 12.6. The minimum absolute atomic E-state index is 0. The number of hydrogen-bond donors (Lipinski definition) is 2. The first kappa shape index (κ1) is 22.0. The summed E-state index contributed by atoms with van der Waals surface area (Å²) in [6.07, 6.45) is 5.15. The standard InChI is InChI=1S/C19H26ClN3O3.ClH/c1-23(14-5-3-2-4-6-14)19(25)15-8-7-13(11-16(15)20)22-18(24)17-12-21-9-10-26-17;/h7-8,11,14,17,21H,2-6,9-10,12H2,1H3,(H,22,24);1H/t17-;/m1./s1. The van der Waals surface area contributed by atoms with Crippen LogP contribution in [0.3, 0.4) is 0 Å². The molecule has 0 spiro atoms. The van der Waals surface area contributed by atoms with Crippen molar-refractivity contribution in [3.63, 3.8) is 0 Å². The molecule has 8 heteroatoms. The molecule has 1 saturated heterocycles. The monoisotopic (exact) mass is 415 g/mol. The van der Waals surface area contributed by atoms with Crippen molar-refractivity contribution in [1.82, 2.24) is 10.2 Å². The maximum atomic E-state index is 12.8. The van der Waals surface area contributed by atoms with Gasteiger partial charge in [-0.3, -0.25) is 9.59 Å².